The van der Waals surface area contributed by atoms with E-state index in [1.165, 1.54) is 12.0 Å². The van der Waals surface area contributed by atoms with E-state index in [4.69, 9.17) is 9.47 Å². The third-order valence-corrected chi connectivity index (χ3v) is 3.59. The SMILES string of the molecule is CCCOc1ccc(C2CNC(CC)CCO2)cc1. The minimum atomic E-state index is 0.164. The van der Waals surface area contributed by atoms with Crippen molar-refractivity contribution in [3.05, 3.63) is 29.8 Å². The summed E-state index contributed by atoms with van der Waals surface area (Å²) in [4.78, 5) is 0. The topological polar surface area (TPSA) is 30.5 Å². The van der Waals surface area contributed by atoms with Crippen molar-refractivity contribution in [3.8, 4) is 5.75 Å². The van der Waals surface area contributed by atoms with Gasteiger partial charge < -0.3 is 14.8 Å². The molecule has 1 N–H and O–H groups in total. The molecule has 2 rings (SSSR count). The van der Waals surface area contributed by atoms with Crippen LogP contribution in [0.3, 0.4) is 0 Å². The van der Waals surface area contributed by atoms with Gasteiger partial charge in [0.05, 0.1) is 12.7 Å². The van der Waals surface area contributed by atoms with E-state index < -0.39 is 0 Å². The van der Waals surface area contributed by atoms with Crippen LogP contribution in [0.2, 0.25) is 0 Å². The Hall–Kier alpha value is -1.06. The molecule has 0 spiro atoms. The van der Waals surface area contributed by atoms with E-state index in [0.717, 1.165) is 38.3 Å². The molecule has 2 atom stereocenters. The van der Waals surface area contributed by atoms with Gasteiger partial charge in [0.25, 0.3) is 0 Å². The first-order valence-corrected chi connectivity index (χ1v) is 7.41. The number of ether oxygens (including phenoxy) is 2. The lowest BCUT2D eigenvalue weighted by atomic mass is 10.1. The summed E-state index contributed by atoms with van der Waals surface area (Å²) in [7, 11) is 0. The Kier molecular flexibility index (Phi) is 5.67. The molecule has 2 unspecified atom stereocenters. The van der Waals surface area contributed by atoms with E-state index in [1.807, 2.05) is 12.1 Å². The van der Waals surface area contributed by atoms with Crippen LogP contribution in [0.5, 0.6) is 5.75 Å². The van der Waals surface area contributed by atoms with Gasteiger partial charge in [-0.2, -0.15) is 0 Å². The van der Waals surface area contributed by atoms with Crippen molar-refractivity contribution in [3.63, 3.8) is 0 Å². The molecule has 1 aliphatic rings. The molecule has 1 aliphatic heterocycles. The highest BCUT2D eigenvalue weighted by molar-refractivity contribution is 5.29. The van der Waals surface area contributed by atoms with Crippen LogP contribution in [0, 0.1) is 0 Å². The van der Waals surface area contributed by atoms with Gasteiger partial charge in [0.1, 0.15) is 5.75 Å². The molecule has 106 valence electrons. The Balaban J connectivity index is 1.93. The summed E-state index contributed by atoms with van der Waals surface area (Å²) in [6, 6.07) is 8.90. The number of rotatable bonds is 5. The molecule has 1 saturated heterocycles. The van der Waals surface area contributed by atoms with Crippen LogP contribution in [0.15, 0.2) is 24.3 Å². The number of benzene rings is 1. The van der Waals surface area contributed by atoms with Gasteiger partial charge in [0.2, 0.25) is 0 Å². The van der Waals surface area contributed by atoms with Gasteiger partial charge in [-0.25, -0.2) is 0 Å². The summed E-state index contributed by atoms with van der Waals surface area (Å²) in [5.41, 5.74) is 1.23. The Bertz CT molecular complexity index is 364. The highest BCUT2D eigenvalue weighted by Gasteiger charge is 2.18. The molecule has 0 radical (unpaired) electrons. The van der Waals surface area contributed by atoms with Gasteiger partial charge in [0, 0.05) is 19.2 Å². The first-order valence-electron chi connectivity index (χ1n) is 7.41. The molecule has 0 saturated carbocycles. The molecule has 1 aromatic rings. The molecule has 3 nitrogen and oxygen atoms in total. The molecular formula is C16H25NO2. The average molecular weight is 263 g/mol. The second kappa shape index (κ2) is 7.51. The molecular weight excluding hydrogens is 238 g/mol. The van der Waals surface area contributed by atoms with Crippen LogP contribution in [-0.4, -0.2) is 25.8 Å². The van der Waals surface area contributed by atoms with Crippen LogP contribution in [0.1, 0.15) is 44.8 Å². The Morgan fingerprint density at radius 3 is 2.74 bits per heavy atom. The van der Waals surface area contributed by atoms with E-state index in [0.29, 0.717) is 6.04 Å². The van der Waals surface area contributed by atoms with E-state index >= 15 is 0 Å². The van der Waals surface area contributed by atoms with Crippen molar-refractivity contribution < 1.29 is 9.47 Å². The number of hydrogen-bond acceptors (Lipinski definition) is 3. The summed E-state index contributed by atoms with van der Waals surface area (Å²) >= 11 is 0. The quantitative estimate of drug-likeness (QED) is 0.884. The standard InChI is InChI=1S/C16H25NO2/c1-3-10-18-15-7-5-13(6-8-15)16-12-17-14(4-2)9-11-19-16/h5-8,14,16-17H,3-4,9-12H2,1-2H3. The minimum Gasteiger partial charge on any atom is -0.494 e. The van der Waals surface area contributed by atoms with E-state index in [-0.39, 0.29) is 6.10 Å². The molecule has 0 aromatic heterocycles. The van der Waals surface area contributed by atoms with E-state index in [2.05, 4.69) is 31.3 Å². The molecule has 0 aliphatic carbocycles. The van der Waals surface area contributed by atoms with Gasteiger partial charge in [-0.15, -0.1) is 0 Å². The Labute approximate surface area is 116 Å². The third-order valence-electron chi connectivity index (χ3n) is 3.59. The normalized spacial score (nSPS) is 23.9. The lowest BCUT2D eigenvalue weighted by molar-refractivity contribution is 0.0663. The van der Waals surface area contributed by atoms with Crippen molar-refractivity contribution in [1.82, 2.24) is 5.32 Å². The lowest BCUT2D eigenvalue weighted by Gasteiger charge is -2.16. The molecule has 0 bridgehead atoms. The van der Waals surface area contributed by atoms with Crippen LogP contribution in [0.4, 0.5) is 0 Å². The highest BCUT2D eigenvalue weighted by Crippen LogP contribution is 2.23. The second-order valence-corrected chi connectivity index (χ2v) is 5.08. The van der Waals surface area contributed by atoms with Crippen LogP contribution >= 0.6 is 0 Å². The zero-order chi connectivity index (χ0) is 13.5. The summed E-state index contributed by atoms with van der Waals surface area (Å²) in [5.74, 6) is 0.943. The maximum absolute atomic E-state index is 5.94. The predicted molar refractivity (Wildman–Crippen MR) is 77.6 cm³/mol. The van der Waals surface area contributed by atoms with E-state index in [1.54, 1.807) is 0 Å². The molecule has 0 amide bonds. The summed E-state index contributed by atoms with van der Waals surface area (Å²) in [5, 5.41) is 3.57. The fourth-order valence-electron chi connectivity index (χ4n) is 2.35. The largest absolute Gasteiger partial charge is 0.494 e. The van der Waals surface area contributed by atoms with Crippen LogP contribution < -0.4 is 10.1 Å². The zero-order valence-corrected chi connectivity index (χ0v) is 12.0. The Morgan fingerprint density at radius 2 is 2.05 bits per heavy atom. The first-order chi connectivity index (χ1) is 9.33. The van der Waals surface area contributed by atoms with Crippen molar-refractivity contribution in [2.24, 2.45) is 0 Å². The summed E-state index contributed by atoms with van der Waals surface area (Å²) in [6.45, 7) is 6.85. The summed E-state index contributed by atoms with van der Waals surface area (Å²) in [6.07, 6.45) is 3.47. The van der Waals surface area contributed by atoms with Gasteiger partial charge in [-0.05, 0) is 37.0 Å². The maximum atomic E-state index is 5.94. The first kappa shape index (κ1) is 14.4. The van der Waals surface area contributed by atoms with Gasteiger partial charge in [-0.3, -0.25) is 0 Å². The maximum Gasteiger partial charge on any atom is 0.119 e. The monoisotopic (exact) mass is 263 g/mol. The zero-order valence-electron chi connectivity index (χ0n) is 12.0. The smallest absolute Gasteiger partial charge is 0.119 e. The van der Waals surface area contributed by atoms with Gasteiger partial charge in [0.15, 0.2) is 0 Å². The molecule has 3 heteroatoms. The van der Waals surface area contributed by atoms with Crippen molar-refractivity contribution in [1.29, 1.82) is 0 Å². The van der Waals surface area contributed by atoms with Gasteiger partial charge in [-0.1, -0.05) is 26.0 Å². The fourth-order valence-corrected chi connectivity index (χ4v) is 2.35. The molecule has 1 aromatic carbocycles. The van der Waals surface area contributed by atoms with Crippen molar-refractivity contribution >= 4 is 0 Å². The summed E-state index contributed by atoms with van der Waals surface area (Å²) < 4.78 is 11.5. The van der Waals surface area contributed by atoms with Crippen molar-refractivity contribution in [2.75, 3.05) is 19.8 Å². The lowest BCUT2D eigenvalue weighted by Crippen LogP contribution is -2.29. The van der Waals surface area contributed by atoms with E-state index in [9.17, 15) is 0 Å². The van der Waals surface area contributed by atoms with Crippen molar-refractivity contribution in [2.45, 2.75) is 45.3 Å². The highest BCUT2D eigenvalue weighted by atomic mass is 16.5. The molecule has 1 fully saturated rings. The van der Waals surface area contributed by atoms with Gasteiger partial charge >= 0.3 is 0 Å². The molecule has 1 heterocycles. The number of hydrogen-bond donors (Lipinski definition) is 1. The van der Waals surface area contributed by atoms with Crippen LogP contribution in [0.25, 0.3) is 0 Å². The second-order valence-electron chi connectivity index (χ2n) is 5.08. The molecule has 19 heavy (non-hydrogen) atoms. The van der Waals surface area contributed by atoms with Crippen LogP contribution in [-0.2, 0) is 4.74 Å². The number of nitrogens with one attached hydrogen (secondary N) is 1. The minimum absolute atomic E-state index is 0.164. The third kappa shape index (κ3) is 4.22. The Morgan fingerprint density at radius 1 is 1.26 bits per heavy atom. The fraction of sp³-hybridized carbons (Fsp3) is 0.625. The predicted octanol–water partition coefficient (Wildman–Crippen LogP) is 3.31. The average Bonchev–Trinajstić information content (AvgIpc) is 2.71.